The van der Waals surface area contributed by atoms with Gasteiger partial charge in [-0.25, -0.2) is 0 Å². The van der Waals surface area contributed by atoms with Gasteiger partial charge in [0, 0.05) is 6.04 Å². The van der Waals surface area contributed by atoms with Crippen LogP contribution >= 0.6 is 0 Å². The van der Waals surface area contributed by atoms with Crippen molar-refractivity contribution in [3.8, 4) is 0 Å². The molecule has 0 aliphatic carbocycles. The largest absolute Gasteiger partial charge is 0.317 e. The predicted octanol–water partition coefficient (Wildman–Crippen LogP) is 3.13. The number of nitrogens with one attached hydrogen (secondary N) is 1. The van der Waals surface area contributed by atoms with E-state index in [1.54, 1.807) is 0 Å². The summed E-state index contributed by atoms with van der Waals surface area (Å²) >= 11 is 0. The molecular weight excluding hydrogens is 208 g/mol. The topological polar surface area (TPSA) is 15.3 Å². The maximum atomic E-state index is 3.39. The first-order chi connectivity index (χ1) is 8.17. The summed E-state index contributed by atoms with van der Waals surface area (Å²) < 4.78 is 0. The molecule has 0 aromatic rings. The van der Waals surface area contributed by atoms with Crippen molar-refractivity contribution in [1.29, 1.82) is 0 Å². The van der Waals surface area contributed by atoms with Gasteiger partial charge in [-0.05, 0) is 70.6 Å². The molecule has 17 heavy (non-hydrogen) atoms. The number of hydrogen-bond donors (Lipinski definition) is 1. The fraction of sp³-hybridized carbons (Fsp3) is 1.00. The quantitative estimate of drug-likeness (QED) is 0.735. The summed E-state index contributed by atoms with van der Waals surface area (Å²) in [6.07, 6.45) is 6.77. The highest BCUT2D eigenvalue weighted by molar-refractivity contribution is 4.74. The molecule has 0 aromatic carbocycles. The molecule has 1 aliphatic rings. The van der Waals surface area contributed by atoms with Crippen LogP contribution in [0.3, 0.4) is 0 Å². The van der Waals surface area contributed by atoms with Crippen molar-refractivity contribution in [1.82, 2.24) is 10.2 Å². The van der Waals surface area contributed by atoms with Crippen LogP contribution in [0.4, 0.5) is 0 Å². The fourth-order valence-electron chi connectivity index (χ4n) is 2.96. The molecule has 1 saturated heterocycles. The summed E-state index contributed by atoms with van der Waals surface area (Å²) in [6.45, 7) is 11.0. The third-order valence-corrected chi connectivity index (χ3v) is 4.50. The van der Waals surface area contributed by atoms with E-state index in [-0.39, 0.29) is 0 Å². The first kappa shape index (κ1) is 15.0. The maximum Gasteiger partial charge on any atom is 0.00619 e. The van der Waals surface area contributed by atoms with Crippen molar-refractivity contribution in [3.63, 3.8) is 0 Å². The molecule has 0 saturated carbocycles. The van der Waals surface area contributed by atoms with E-state index in [2.05, 4.69) is 38.0 Å². The fourth-order valence-corrected chi connectivity index (χ4v) is 2.96. The minimum atomic E-state index is 0.725. The lowest BCUT2D eigenvalue weighted by atomic mass is 9.86. The van der Waals surface area contributed by atoms with Gasteiger partial charge in [0.25, 0.3) is 0 Å². The van der Waals surface area contributed by atoms with Crippen LogP contribution in [0.2, 0.25) is 0 Å². The second-order valence-electron chi connectivity index (χ2n) is 5.96. The summed E-state index contributed by atoms with van der Waals surface area (Å²) in [7, 11) is 2.09. The van der Waals surface area contributed by atoms with Gasteiger partial charge in [-0.1, -0.05) is 20.8 Å². The summed E-state index contributed by atoms with van der Waals surface area (Å²) in [5.41, 5.74) is 0. The van der Waals surface area contributed by atoms with E-state index in [4.69, 9.17) is 0 Å². The van der Waals surface area contributed by atoms with Crippen LogP contribution in [0.1, 0.15) is 52.9 Å². The Morgan fingerprint density at radius 1 is 1.24 bits per heavy atom. The average molecular weight is 240 g/mol. The van der Waals surface area contributed by atoms with Crippen molar-refractivity contribution in [3.05, 3.63) is 0 Å². The molecule has 0 amide bonds. The normalized spacial score (nSPS) is 21.0. The SMILES string of the molecule is CCC(CCCN1CCC(C(C)C)CC1)NC. The van der Waals surface area contributed by atoms with E-state index in [0.717, 1.165) is 17.9 Å². The van der Waals surface area contributed by atoms with E-state index >= 15 is 0 Å². The van der Waals surface area contributed by atoms with Crippen molar-refractivity contribution < 1.29 is 0 Å². The first-order valence-corrected chi connectivity index (χ1v) is 7.57. The molecule has 0 aromatic heterocycles. The lowest BCUT2D eigenvalue weighted by Gasteiger charge is -2.34. The van der Waals surface area contributed by atoms with E-state index in [1.807, 2.05) is 0 Å². The van der Waals surface area contributed by atoms with Crippen molar-refractivity contribution in [2.24, 2.45) is 11.8 Å². The van der Waals surface area contributed by atoms with Gasteiger partial charge in [-0.2, -0.15) is 0 Å². The van der Waals surface area contributed by atoms with E-state index < -0.39 is 0 Å². The first-order valence-electron chi connectivity index (χ1n) is 7.57. The highest BCUT2D eigenvalue weighted by atomic mass is 15.1. The third kappa shape index (κ3) is 5.39. The van der Waals surface area contributed by atoms with Crippen LogP contribution in [-0.2, 0) is 0 Å². The highest BCUT2D eigenvalue weighted by Gasteiger charge is 2.21. The Bertz CT molecular complexity index is 179. The second-order valence-corrected chi connectivity index (χ2v) is 5.96. The molecule has 0 spiro atoms. The summed E-state index contributed by atoms with van der Waals surface area (Å²) in [4.78, 5) is 2.67. The number of nitrogens with zero attached hydrogens (tertiary/aromatic N) is 1. The van der Waals surface area contributed by atoms with E-state index in [0.29, 0.717) is 0 Å². The van der Waals surface area contributed by atoms with E-state index in [9.17, 15) is 0 Å². The Hall–Kier alpha value is -0.0800. The van der Waals surface area contributed by atoms with Gasteiger partial charge >= 0.3 is 0 Å². The lowest BCUT2D eigenvalue weighted by Crippen LogP contribution is -2.36. The van der Waals surface area contributed by atoms with Gasteiger partial charge in [0.1, 0.15) is 0 Å². The zero-order chi connectivity index (χ0) is 12.7. The van der Waals surface area contributed by atoms with Crippen molar-refractivity contribution in [2.45, 2.75) is 58.9 Å². The van der Waals surface area contributed by atoms with Gasteiger partial charge in [0.2, 0.25) is 0 Å². The average Bonchev–Trinajstić information content (AvgIpc) is 2.35. The molecular formula is C15H32N2. The lowest BCUT2D eigenvalue weighted by molar-refractivity contribution is 0.154. The number of hydrogen-bond acceptors (Lipinski definition) is 2. The summed E-state index contributed by atoms with van der Waals surface area (Å²) in [5, 5.41) is 3.39. The van der Waals surface area contributed by atoms with Crippen LogP contribution in [0.5, 0.6) is 0 Å². The Morgan fingerprint density at radius 3 is 2.35 bits per heavy atom. The molecule has 1 heterocycles. The second kappa shape index (κ2) is 8.10. The minimum Gasteiger partial charge on any atom is -0.317 e. The number of likely N-dealkylation sites (tertiary alicyclic amines) is 1. The molecule has 1 atom stereocenters. The molecule has 1 rings (SSSR count). The van der Waals surface area contributed by atoms with Gasteiger partial charge in [0.05, 0.1) is 0 Å². The van der Waals surface area contributed by atoms with Crippen LogP contribution in [0.15, 0.2) is 0 Å². The maximum absolute atomic E-state index is 3.39. The van der Waals surface area contributed by atoms with Crippen LogP contribution in [0, 0.1) is 11.8 Å². The standard InChI is InChI=1S/C15H32N2/c1-5-15(16-4)7-6-10-17-11-8-14(9-12-17)13(2)3/h13-16H,5-12H2,1-4H3. The third-order valence-electron chi connectivity index (χ3n) is 4.50. The van der Waals surface area contributed by atoms with Crippen LogP contribution < -0.4 is 5.32 Å². The Kier molecular flexibility index (Phi) is 7.14. The molecule has 1 fully saturated rings. The molecule has 1 aliphatic heterocycles. The molecule has 2 nitrogen and oxygen atoms in total. The Balaban J connectivity index is 2.10. The number of piperidine rings is 1. The Morgan fingerprint density at radius 2 is 1.88 bits per heavy atom. The van der Waals surface area contributed by atoms with Crippen LogP contribution in [-0.4, -0.2) is 37.6 Å². The van der Waals surface area contributed by atoms with Gasteiger partial charge < -0.3 is 10.2 Å². The molecule has 0 bridgehead atoms. The monoisotopic (exact) mass is 240 g/mol. The van der Waals surface area contributed by atoms with Gasteiger partial charge in [-0.3, -0.25) is 0 Å². The highest BCUT2D eigenvalue weighted by Crippen LogP contribution is 2.24. The smallest absolute Gasteiger partial charge is 0.00619 e. The van der Waals surface area contributed by atoms with Gasteiger partial charge in [-0.15, -0.1) is 0 Å². The summed E-state index contributed by atoms with van der Waals surface area (Å²) in [6, 6.07) is 0.725. The van der Waals surface area contributed by atoms with Crippen LogP contribution in [0.25, 0.3) is 0 Å². The Labute approximate surface area is 108 Å². The van der Waals surface area contributed by atoms with Crippen molar-refractivity contribution in [2.75, 3.05) is 26.7 Å². The molecule has 102 valence electrons. The molecule has 0 radical (unpaired) electrons. The number of rotatable bonds is 7. The molecule has 1 N–H and O–H groups in total. The predicted molar refractivity (Wildman–Crippen MR) is 76.4 cm³/mol. The van der Waals surface area contributed by atoms with Gasteiger partial charge in [0.15, 0.2) is 0 Å². The summed E-state index contributed by atoms with van der Waals surface area (Å²) in [5.74, 6) is 1.86. The zero-order valence-electron chi connectivity index (χ0n) is 12.3. The van der Waals surface area contributed by atoms with Crippen molar-refractivity contribution >= 4 is 0 Å². The minimum absolute atomic E-state index is 0.725. The molecule has 2 heteroatoms. The van der Waals surface area contributed by atoms with E-state index in [1.165, 1.54) is 51.7 Å². The zero-order valence-corrected chi connectivity index (χ0v) is 12.3. The molecule has 1 unspecified atom stereocenters.